The van der Waals surface area contributed by atoms with Crippen molar-refractivity contribution in [1.82, 2.24) is 0 Å². The van der Waals surface area contributed by atoms with Crippen molar-refractivity contribution >= 4 is 11.9 Å². The first-order valence-corrected chi connectivity index (χ1v) is 29.1. The van der Waals surface area contributed by atoms with Gasteiger partial charge in [0.2, 0.25) is 0 Å². The Morgan fingerprint density at radius 3 is 1.06 bits per heavy atom. The van der Waals surface area contributed by atoms with Crippen LogP contribution in [0.2, 0.25) is 0 Å². The monoisotopic (exact) mass is 947 g/mol. The van der Waals surface area contributed by atoms with E-state index in [9.17, 15) is 9.59 Å². The lowest BCUT2D eigenvalue weighted by molar-refractivity contribution is -0.163. The molecule has 68 heavy (non-hydrogen) atoms. The first-order chi connectivity index (χ1) is 33.6. The summed E-state index contributed by atoms with van der Waals surface area (Å²) in [6.07, 6.45) is 77.5. The molecule has 0 heterocycles. The number of unbranched alkanes of at least 4 members (excludes halogenated alkanes) is 28. The van der Waals surface area contributed by atoms with Gasteiger partial charge in [-0.3, -0.25) is 9.59 Å². The van der Waals surface area contributed by atoms with Gasteiger partial charge in [0.05, 0.1) is 6.61 Å². The number of hydrogen-bond acceptors (Lipinski definition) is 5. The average molecular weight is 948 g/mol. The van der Waals surface area contributed by atoms with Crippen molar-refractivity contribution in [3.8, 4) is 0 Å². The lowest BCUT2D eigenvalue weighted by Gasteiger charge is -2.18. The number of allylic oxidation sites excluding steroid dienone is 14. The molecule has 0 amide bonds. The molecule has 1 atom stereocenters. The standard InChI is InChI=1S/C63H110O5/c1-4-7-10-13-16-19-22-25-28-30-31-32-34-37-40-43-46-49-52-55-58-66-59-61(68-63(65)57-54-51-48-45-42-39-35-27-24-21-18-15-12-9-6-3)60-67-62(64)56-53-50-47-44-41-38-36-33-29-26-23-20-17-14-11-8-5-2/h7,9-10,12,16,18-19,21,25,27-28,31-32,35,61H,4-6,8,11,13-15,17,20,22-24,26,29-30,33-34,36-60H2,1-3H3/b10-7-,12-9-,19-16-,21-18-,28-25-,32-31-,35-27-. The van der Waals surface area contributed by atoms with E-state index in [1.54, 1.807) is 0 Å². The van der Waals surface area contributed by atoms with Crippen LogP contribution in [0.25, 0.3) is 0 Å². The van der Waals surface area contributed by atoms with Crippen molar-refractivity contribution in [2.24, 2.45) is 0 Å². The maximum Gasteiger partial charge on any atom is 0.306 e. The normalized spacial score (nSPS) is 12.8. The summed E-state index contributed by atoms with van der Waals surface area (Å²) < 4.78 is 17.5. The van der Waals surface area contributed by atoms with Gasteiger partial charge in [-0.1, -0.05) is 260 Å². The molecular formula is C63H110O5. The van der Waals surface area contributed by atoms with Crippen LogP contribution in [0.5, 0.6) is 0 Å². The van der Waals surface area contributed by atoms with Gasteiger partial charge in [0.25, 0.3) is 0 Å². The number of carbonyl (C=O) groups is 2. The minimum Gasteiger partial charge on any atom is -0.462 e. The van der Waals surface area contributed by atoms with Crippen LogP contribution in [0, 0.1) is 0 Å². The quantitative estimate of drug-likeness (QED) is 0.0345. The highest BCUT2D eigenvalue weighted by Gasteiger charge is 2.17. The van der Waals surface area contributed by atoms with Gasteiger partial charge < -0.3 is 14.2 Å². The van der Waals surface area contributed by atoms with Gasteiger partial charge in [0.15, 0.2) is 6.10 Å². The summed E-state index contributed by atoms with van der Waals surface area (Å²) in [6, 6.07) is 0. The molecule has 5 heteroatoms. The van der Waals surface area contributed by atoms with E-state index in [-0.39, 0.29) is 25.2 Å². The van der Waals surface area contributed by atoms with E-state index < -0.39 is 6.10 Å². The molecule has 0 aliphatic carbocycles. The molecule has 0 spiro atoms. The van der Waals surface area contributed by atoms with Gasteiger partial charge in [-0.05, 0) is 89.9 Å². The second-order valence-corrected chi connectivity index (χ2v) is 19.1. The summed E-state index contributed by atoms with van der Waals surface area (Å²) in [6.45, 7) is 7.59. The lowest BCUT2D eigenvalue weighted by atomic mass is 10.0. The third-order valence-electron chi connectivity index (χ3n) is 12.4. The van der Waals surface area contributed by atoms with Crippen molar-refractivity contribution in [2.75, 3.05) is 19.8 Å². The zero-order valence-electron chi connectivity index (χ0n) is 45.1. The van der Waals surface area contributed by atoms with Crippen molar-refractivity contribution < 1.29 is 23.8 Å². The fourth-order valence-electron chi connectivity index (χ4n) is 8.16. The highest BCUT2D eigenvalue weighted by Crippen LogP contribution is 2.16. The SMILES string of the molecule is CC/C=C\C/C=C\C/C=C\C/C=C\CCCCCCCCCOCC(COC(=O)CCCCCCCCCCCCCCCCCCC)OC(=O)CCCCCCC/C=C\C/C=C\C/C=C\CC. The number of hydrogen-bond donors (Lipinski definition) is 0. The van der Waals surface area contributed by atoms with E-state index in [4.69, 9.17) is 14.2 Å². The fourth-order valence-corrected chi connectivity index (χ4v) is 8.16. The molecule has 0 N–H and O–H groups in total. The molecule has 0 aromatic rings. The molecule has 0 saturated carbocycles. The summed E-state index contributed by atoms with van der Waals surface area (Å²) in [7, 11) is 0. The first kappa shape index (κ1) is 65.1. The van der Waals surface area contributed by atoms with Gasteiger partial charge in [0.1, 0.15) is 6.61 Å². The largest absolute Gasteiger partial charge is 0.462 e. The summed E-state index contributed by atoms with van der Waals surface area (Å²) >= 11 is 0. The van der Waals surface area contributed by atoms with E-state index in [1.807, 2.05) is 0 Å². The molecule has 0 saturated heterocycles. The summed E-state index contributed by atoms with van der Waals surface area (Å²) in [4.78, 5) is 25.5. The van der Waals surface area contributed by atoms with Crippen molar-refractivity contribution in [1.29, 1.82) is 0 Å². The Balaban J connectivity index is 4.30. The van der Waals surface area contributed by atoms with Crippen LogP contribution in [-0.2, 0) is 23.8 Å². The third-order valence-corrected chi connectivity index (χ3v) is 12.4. The molecule has 0 aliphatic heterocycles. The molecule has 0 aromatic heterocycles. The Morgan fingerprint density at radius 2 is 0.662 bits per heavy atom. The predicted molar refractivity (Wildman–Crippen MR) is 297 cm³/mol. The molecule has 1 unspecified atom stereocenters. The van der Waals surface area contributed by atoms with Crippen molar-refractivity contribution in [3.05, 3.63) is 85.1 Å². The zero-order valence-corrected chi connectivity index (χ0v) is 45.1. The van der Waals surface area contributed by atoms with Crippen LogP contribution in [0.4, 0.5) is 0 Å². The highest BCUT2D eigenvalue weighted by atomic mass is 16.6. The van der Waals surface area contributed by atoms with Crippen molar-refractivity contribution in [2.45, 2.75) is 284 Å². The molecule has 5 nitrogen and oxygen atoms in total. The molecule has 0 radical (unpaired) electrons. The van der Waals surface area contributed by atoms with Crippen LogP contribution >= 0.6 is 0 Å². The minimum atomic E-state index is -0.554. The molecule has 0 bridgehead atoms. The maximum atomic E-state index is 12.9. The fraction of sp³-hybridized carbons (Fsp3) is 0.746. The van der Waals surface area contributed by atoms with Crippen LogP contribution in [0.1, 0.15) is 278 Å². The summed E-state index contributed by atoms with van der Waals surface area (Å²) in [5.41, 5.74) is 0. The average Bonchev–Trinajstić information content (AvgIpc) is 3.34. The van der Waals surface area contributed by atoms with Crippen LogP contribution < -0.4 is 0 Å². The van der Waals surface area contributed by atoms with Gasteiger partial charge in [-0.25, -0.2) is 0 Å². The Morgan fingerprint density at radius 1 is 0.338 bits per heavy atom. The second kappa shape index (κ2) is 58.4. The number of esters is 2. The lowest BCUT2D eigenvalue weighted by Crippen LogP contribution is -2.30. The molecule has 0 aromatic carbocycles. The van der Waals surface area contributed by atoms with Crippen LogP contribution in [0.15, 0.2) is 85.1 Å². The van der Waals surface area contributed by atoms with E-state index in [0.29, 0.717) is 19.4 Å². The molecular weight excluding hydrogens is 837 g/mol. The highest BCUT2D eigenvalue weighted by molar-refractivity contribution is 5.70. The topological polar surface area (TPSA) is 61.8 Å². The van der Waals surface area contributed by atoms with Crippen LogP contribution in [0.3, 0.4) is 0 Å². The Bertz CT molecular complexity index is 1250. The Labute approximate surface area is 422 Å². The molecule has 392 valence electrons. The summed E-state index contributed by atoms with van der Waals surface area (Å²) in [5, 5.41) is 0. The van der Waals surface area contributed by atoms with E-state index in [1.165, 1.54) is 148 Å². The zero-order chi connectivity index (χ0) is 49.2. The molecule has 0 aliphatic rings. The Kier molecular flexibility index (Phi) is 55.9. The van der Waals surface area contributed by atoms with E-state index >= 15 is 0 Å². The summed E-state index contributed by atoms with van der Waals surface area (Å²) in [5.74, 6) is -0.414. The van der Waals surface area contributed by atoms with E-state index in [0.717, 1.165) is 96.3 Å². The first-order valence-electron chi connectivity index (χ1n) is 29.1. The van der Waals surface area contributed by atoms with Gasteiger partial charge in [-0.15, -0.1) is 0 Å². The maximum absolute atomic E-state index is 12.9. The molecule has 0 fully saturated rings. The van der Waals surface area contributed by atoms with Gasteiger partial charge in [0, 0.05) is 19.4 Å². The number of ether oxygens (including phenoxy) is 3. The minimum absolute atomic E-state index is 0.0731. The van der Waals surface area contributed by atoms with E-state index in [2.05, 4.69) is 106 Å². The number of rotatable bonds is 53. The Hall–Kier alpha value is -2.92. The number of carbonyl (C=O) groups excluding carboxylic acids is 2. The van der Waals surface area contributed by atoms with Crippen LogP contribution in [-0.4, -0.2) is 37.9 Å². The molecule has 0 rings (SSSR count). The van der Waals surface area contributed by atoms with Crippen molar-refractivity contribution in [3.63, 3.8) is 0 Å². The van der Waals surface area contributed by atoms with Gasteiger partial charge >= 0.3 is 11.9 Å². The third kappa shape index (κ3) is 55.7. The predicted octanol–water partition coefficient (Wildman–Crippen LogP) is 20.0. The van der Waals surface area contributed by atoms with Gasteiger partial charge in [-0.2, -0.15) is 0 Å². The smallest absolute Gasteiger partial charge is 0.306 e. The second-order valence-electron chi connectivity index (χ2n) is 19.1.